The van der Waals surface area contributed by atoms with E-state index >= 15 is 0 Å². The first-order valence-corrected chi connectivity index (χ1v) is 8.44. The molecule has 0 radical (unpaired) electrons. The maximum atomic E-state index is 5.97. The van der Waals surface area contributed by atoms with E-state index in [1.165, 1.54) is 12.8 Å². The maximum absolute atomic E-state index is 5.97. The van der Waals surface area contributed by atoms with Crippen LogP contribution in [0.4, 0.5) is 5.82 Å². The van der Waals surface area contributed by atoms with Crippen LogP contribution in [0.5, 0.6) is 0 Å². The van der Waals surface area contributed by atoms with Crippen molar-refractivity contribution in [1.82, 2.24) is 14.6 Å². The number of piperidine rings is 1. The summed E-state index contributed by atoms with van der Waals surface area (Å²) in [5, 5.41) is 5.43. The molecule has 1 aliphatic heterocycles. The van der Waals surface area contributed by atoms with E-state index in [4.69, 9.17) is 11.6 Å². The molecule has 3 heterocycles. The first-order valence-electron chi connectivity index (χ1n) is 8.06. The van der Waals surface area contributed by atoms with Crippen molar-refractivity contribution >= 4 is 22.9 Å². The van der Waals surface area contributed by atoms with E-state index in [2.05, 4.69) is 28.0 Å². The van der Waals surface area contributed by atoms with Gasteiger partial charge in [-0.3, -0.25) is 0 Å². The first kappa shape index (κ1) is 14.5. The predicted octanol–water partition coefficient (Wildman–Crippen LogP) is 4.29. The minimum absolute atomic E-state index is 0.738. The van der Waals surface area contributed by atoms with Gasteiger partial charge in [0.25, 0.3) is 0 Å². The molecule has 0 spiro atoms. The molecule has 0 unspecified atom stereocenters. The van der Waals surface area contributed by atoms with E-state index in [0.29, 0.717) is 0 Å². The SMILES string of the molecule is CC1CCN(c2nccn3nc(-c4ccc(Cl)cc4)cc23)CC1. The number of rotatable bonds is 2. The molecule has 0 aliphatic carbocycles. The molecule has 0 bridgehead atoms. The maximum Gasteiger partial charge on any atom is 0.154 e. The Morgan fingerprint density at radius 2 is 1.87 bits per heavy atom. The topological polar surface area (TPSA) is 33.4 Å². The Kier molecular flexibility index (Phi) is 3.69. The molecule has 1 aliphatic rings. The van der Waals surface area contributed by atoms with Gasteiger partial charge in [-0.05, 0) is 37.0 Å². The van der Waals surface area contributed by atoms with E-state index in [-0.39, 0.29) is 0 Å². The number of hydrogen-bond acceptors (Lipinski definition) is 3. The van der Waals surface area contributed by atoms with Crippen LogP contribution < -0.4 is 4.90 Å². The van der Waals surface area contributed by atoms with Crippen molar-refractivity contribution in [2.45, 2.75) is 19.8 Å². The van der Waals surface area contributed by atoms with Crippen molar-refractivity contribution in [3.05, 3.63) is 47.7 Å². The van der Waals surface area contributed by atoms with E-state index < -0.39 is 0 Å². The van der Waals surface area contributed by atoms with Gasteiger partial charge in [0, 0.05) is 36.1 Å². The summed E-state index contributed by atoms with van der Waals surface area (Å²) in [4.78, 5) is 7.00. The third-order valence-electron chi connectivity index (χ3n) is 4.59. The minimum atomic E-state index is 0.738. The quantitative estimate of drug-likeness (QED) is 0.704. The molecule has 0 N–H and O–H groups in total. The van der Waals surface area contributed by atoms with E-state index in [1.807, 2.05) is 41.2 Å². The number of halogens is 1. The van der Waals surface area contributed by atoms with E-state index in [0.717, 1.165) is 46.6 Å². The van der Waals surface area contributed by atoms with Gasteiger partial charge in [-0.1, -0.05) is 30.7 Å². The zero-order chi connectivity index (χ0) is 15.8. The van der Waals surface area contributed by atoms with Crippen LogP contribution in [0.3, 0.4) is 0 Å². The molecule has 4 nitrogen and oxygen atoms in total. The highest BCUT2D eigenvalue weighted by Crippen LogP contribution is 2.28. The molecule has 0 saturated carbocycles. The number of hydrogen-bond donors (Lipinski definition) is 0. The van der Waals surface area contributed by atoms with Gasteiger partial charge in [-0.2, -0.15) is 5.10 Å². The molecule has 4 rings (SSSR count). The van der Waals surface area contributed by atoms with Crippen LogP contribution in [0.1, 0.15) is 19.8 Å². The Hall–Kier alpha value is -2.07. The summed E-state index contributed by atoms with van der Waals surface area (Å²) in [6, 6.07) is 9.90. The van der Waals surface area contributed by atoms with Crippen molar-refractivity contribution in [2.24, 2.45) is 5.92 Å². The number of fused-ring (bicyclic) bond motifs is 1. The lowest BCUT2D eigenvalue weighted by atomic mass is 9.99. The number of anilines is 1. The molecule has 1 fully saturated rings. The lowest BCUT2D eigenvalue weighted by Gasteiger charge is -2.31. The molecule has 3 aromatic rings. The van der Waals surface area contributed by atoms with Crippen molar-refractivity contribution in [3.8, 4) is 11.3 Å². The van der Waals surface area contributed by atoms with Crippen LogP contribution in [0.15, 0.2) is 42.7 Å². The Balaban J connectivity index is 1.74. The lowest BCUT2D eigenvalue weighted by molar-refractivity contribution is 0.437. The normalized spacial score (nSPS) is 16.2. The molecule has 2 aromatic heterocycles. The third kappa shape index (κ3) is 2.79. The van der Waals surface area contributed by atoms with Crippen LogP contribution in [0.2, 0.25) is 5.02 Å². The molecule has 1 aromatic carbocycles. The summed E-state index contributed by atoms with van der Waals surface area (Å²) >= 11 is 5.97. The minimum Gasteiger partial charge on any atom is -0.355 e. The predicted molar refractivity (Wildman–Crippen MR) is 94.0 cm³/mol. The molecule has 118 valence electrons. The summed E-state index contributed by atoms with van der Waals surface area (Å²) < 4.78 is 1.92. The van der Waals surface area contributed by atoms with Gasteiger partial charge in [-0.25, -0.2) is 9.50 Å². The zero-order valence-electron chi connectivity index (χ0n) is 13.1. The smallest absolute Gasteiger partial charge is 0.154 e. The van der Waals surface area contributed by atoms with Crippen LogP contribution in [0, 0.1) is 5.92 Å². The van der Waals surface area contributed by atoms with Gasteiger partial charge in [-0.15, -0.1) is 0 Å². The van der Waals surface area contributed by atoms with E-state index in [9.17, 15) is 0 Å². The molecule has 23 heavy (non-hydrogen) atoms. The molecule has 5 heteroatoms. The fourth-order valence-electron chi connectivity index (χ4n) is 3.13. The molecule has 0 atom stereocenters. The highest BCUT2D eigenvalue weighted by Gasteiger charge is 2.20. The average Bonchev–Trinajstić information content (AvgIpc) is 3.00. The van der Waals surface area contributed by atoms with Gasteiger partial charge >= 0.3 is 0 Å². The second kappa shape index (κ2) is 5.85. The Bertz CT molecular complexity index is 817. The Morgan fingerprint density at radius 3 is 2.61 bits per heavy atom. The number of benzene rings is 1. The van der Waals surface area contributed by atoms with Crippen LogP contribution in [-0.2, 0) is 0 Å². The Morgan fingerprint density at radius 1 is 1.13 bits per heavy atom. The van der Waals surface area contributed by atoms with Gasteiger partial charge in [0.2, 0.25) is 0 Å². The highest BCUT2D eigenvalue weighted by atomic mass is 35.5. The van der Waals surface area contributed by atoms with Gasteiger partial charge in [0.1, 0.15) is 5.52 Å². The third-order valence-corrected chi connectivity index (χ3v) is 4.84. The largest absolute Gasteiger partial charge is 0.355 e. The molecule has 1 saturated heterocycles. The molecular formula is C18H19ClN4. The second-order valence-corrected chi connectivity index (χ2v) is 6.72. The fraction of sp³-hybridized carbons (Fsp3) is 0.333. The van der Waals surface area contributed by atoms with Crippen molar-refractivity contribution < 1.29 is 0 Å². The summed E-state index contributed by atoms with van der Waals surface area (Å²) in [5.74, 6) is 1.84. The summed E-state index contributed by atoms with van der Waals surface area (Å²) in [7, 11) is 0. The number of nitrogens with zero attached hydrogens (tertiary/aromatic N) is 4. The monoisotopic (exact) mass is 326 g/mol. The van der Waals surface area contributed by atoms with Gasteiger partial charge in [0.05, 0.1) is 5.69 Å². The fourth-order valence-corrected chi connectivity index (χ4v) is 3.26. The van der Waals surface area contributed by atoms with Gasteiger partial charge in [0.15, 0.2) is 5.82 Å². The highest BCUT2D eigenvalue weighted by molar-refractivity contribution is 6.30. The first-order chi connectivity index (χ1) is 11.2. The average molecular weight is 327 g/mol. The Labute approximate surface area is 140 Å². The number of aromatic nitrogens is 3. The van der Waals surface area contributed by atoms with Gasteiger partial charge < -0.3 is 4.90 Å². The lowest BCUT2D eigenvalue weighted by Crippen LogP contribution is -2.33. The van der Waals surface area contributed by atoms with E-state index in [1.54, 1.807) is 0 Å². The van der Waals surface area contributed by atoms with Crippen molar-refractivity contribution in [3.63, 3.8) is 0 Å². The molecular weight excluding hydrogens is 308 g/mol. The second-order valence-electron chi connectivity index (χ2n) is 6.29. The van der Waals surface area contributed by atoms with Crippen molar-refractivity contribution in [1.29, 1.82) is 0 Å². The standard InChI is InChI=1S/C18H19ClN4/c1-13-6-9-22(10-7-13)18-17-12-16(21-23(17)11-8-20-18)14-2-4-15(19)5-3-14/h2-5,8,11-13H,6-7,9-10H2,1H3. The van der Waals surface area contributed by atoms with Crippen molar-refractivity contribution in [2.75, 3.05) is 18.0 Å². The van der Waals surface area contributed by atoms with Crippen LogP contribution in [0.25, 0.3) is 16.8 Å². The summed E-state index contributed by atoms with van der Waals surface area (Å²) in [6.07, 6.45) is 6.19. The summed E-state index contributed by atoms with van der Waals surface area (Å²) in [5.41, 5.74) is 3.07. The summed E-state index contributed by atoms with van der Waals surface area (Å²) in [6.45, 7) is 4.45. The zero-order valence-corrected chi connectivity index (χ0v) is 13.9. The molecule has 0 amide bonds. The van der Waals surface area contributed by atoms with Crippen LogP contribution in [-0.4, -0.2) is 27.7 Å². The van der Waals surface area contributed by atoms with Crippen LogP contribution >= 0.6 is 11.6 Å².